The van der Waals surface area contributed by atoms with Crippen molar-refractivity contribution in [3.05, 3.63) is 21.3 Å². The average molecular weight is 273 g/mol. The van der Waals surface area contributed by atoms with E-state index in [-0.39, 0.29) is 11.8 Å². The number of amides is 1. The first-order valence-corrected chi connectivity index (χ1v) is 6.56. The summed E-state index contributed by atoms with van der Waals surface area (Å²) in [5.41, 5.74) is 0.762. The van der Waals surface area contributed by atoms with E-state index in [2.05, 4.69) is 5.16 Å². The van der Waals surface area contributed by atoms with E-state index in [1.165, 1.54) is 11.3 Å². The fraction of sp³-hybridized carbons (Fsp3) is 0.455. The van der Waals surface area contributed by atoms with Gasteiger partial charge in [-0.15, -0.1) is 11.3 Å². The van der Waals surface area contributed by atoms with Crippen LogP contribution in [0.3, 0.4) is 0 Å². The Kier molecular flexibility index (Phi) is 3.69. The number of piperidine rings is 1. The summed E-state index contributed by atoms with van der Waals surface area (Å²) in [6.45, 7) is 3.14. The maximum atomic E-state index is 12.1. The quantitative estimate of drug-likeness (QED) is 0.631. The molecule has 1 aliphatic rings. The molecular formula is C11H13ClN2O2S. The molecular weight excluding hydrogens is 260 g/mol. The van der Waals surface area contributed by atoms with E-state index >= 15 is 0 Å². The molecule has 0 aliphatic carbocycles. The van der Waals surface area contributed by atoms with Crippen LogP contribution in [0.2, 0.25) is 4.34 Å². The number of rotatable bonds is 1. The van der Waals surface area contributed by atoms with Crippen LogP contribution in [0.15, 0.2) is 17.3 Å². The van der Waals surface area contributed by atoms with Gasteiger partial charge in [-0.05, 0) is 12.1 Å². The molecule has 1 atom stereocenters. The van der Waals surface area contributed by atoms with E-state index in [0.29, 0.717) is 28.7 Å². The Balaban J connectivity index is 2.07. The summed E-state index contributed by atoms with van der Waals surface area (Å²) in [6, 6.07) is 3.48. The zero-order chi connectivity index (χ0) is 12.4. The van der Waals surface area contributed by atoms with E-state index in [4.69, 9.17) is 16.8 Å². The summed E-state index contributed by atoms with van der Waals surface area (Å²) in [4.78, 5) is 14.6. The Morgan fingerprint density at radius 1 is 1.65 bits per heavy atom. The summed E-state index contributed by atoms with van der Waals surface area (Å²) in [7, 11) is 0. The molecule has 0 aromatic carbocycles. The number of hydrogen-bond donors (Lipinski definition) is 1. The molecule has 92 valence electrons. The van der Waals surface area contributed by atoms with Crippen molar-refractivity contribution in [1.29, 1.82) is 0 Å². The van der Waals surface area contributed by atoms with Crippen LogP contribution in [-0.2, 0) is 0 Å². The Bertz CT molecular complexity index is 458. The van der Waals surface area contributed by atoms with Crippen molar-refractivity contribution in [3.8, 4) is 0 Å². The maximum Gasteiger partial charge on any atom is 0.264 e. The normalized spacial score (nSPS) is 23.1. The lowest BCUT2D eigenvalue weighted by Crippen LogP contribution is -2.43. The van der Waals surface area contributed by atoms with Gasteiger partial charge in [0.2, 0.25) is 0 Å². The number of thiophene rings is 1. The van der Waals surface area contributed by atoms with Crippen molar-refractivity contribution in [2.45, 2.75) is 13.3 Å². The summed E-state index contributed by atoms with van der Waals surface area (Å²) in [6.07, 6.45) is 0.627. The van der Waals surface area contributed by atoms with E-state index < -0.39 is 0 Å². The molecule has 1 aromatic rings. The Morgan fingerprint density at radius 2 is 2.41 bits per heavy atom. The van der Waals surface area contributed by atoms with Gasteiger partial charge in [0, 0.05) is 25.4 Å². The standard InChI is InChI=1S/C11H13ClN2O2S/c1-7-6-14(5-4-8(7)13-16)11(15)9-2-3-10(12)17-9/h2-3,7,16H,4-6H2,1H3/b13-8+. The van der Waals surface area contributed by atoms with Gasteiger partial charge in [0.15, 0.2) is 0 Å². The van der Waals surface area contributed by atoms with Crippen LogP contribution in [0.25, 0.3) is 0 Å². The van der Waals surface area contributed by atoms with Gasteiger partial charge in [-0.3, -0.25) is 4.79 Å². The maximum absolute atomic E-state index is 12.1. The first-order chi connectivity index (χ1) is 8.11. The van der Waals surface area contributed by atoms with Crippen molar-refractivity contribution in [2.24, 2.45) is 11.1 Å². The molecule has 17 heavy (non-hydrogen) atoms. The molecule has 1 N–H and O–H groups in total. The van der Waals surface area contributed by atoms with Gasteiger partial charge in [0.25, 0.3) is 5.91 Å². The number of oxime groups is 1. The van der Waals surface area contributed by atoms with Crippen LogP contribution in [0.4, 0.5) is 0 Å². The predicted octanol–water partition coefficient (Wildman–Crippen LogP) is 2.71. The predicted molar refractivity (Wildman–Crippen MR) is 68.2 cm³/mol. The highest BCUT2D eigenvalue weighted by Crippen LogP contribution is 2.24. The van der Waals surface area contributed by atoms with Gasteiger partial charge in [0.05, 0.1) is 14.9 Å². The first kappa shape index (κ1) is 12.4. The number of likely N-dealkylation sites (tertiary alicyclic amines) is 1. The summed E-state index contributed by atoms with van der Waals surface area (Å²) in [5, 5.41) is 12.0. The third-order valence-electron chi connectivity index (χ3n) is 2.90. The lowest BCUT2D eigenvalue weighted by molar-refractivity contribution is 0.0739. The monoisotopic (exact) mass is 272 g/mol. The lowest BCUT2D eigenvalue weighted by Gasteiger charge is -2.31. The smallest absolute Gasteiger partial charge is 0.264 e. The van der Waals surface area contributed by atoms with Crippen LogP contribution < -0.4 is 0 Å². The second-order valence-electron chi connectivity index (χ2n) is 4.10. The SMILES string of the molecule is CC1CN(C(=O)c2ccc(Cl)s2)CC/C1=N\O. The molecule has 0 spiro atoms. The fourth-order valence-electron chi connectivity index (χ4n) is 1.94. The number of nitrogens with zero attached hydrogens (tertiary/aromatic N) is 2. The second-order valence-corrected chi connectivity index (χ2v) is 5.81. The van der Waals surface area contributed by atoms with Gasteiger partial charge in [-0.2, -0.15) is 0 Å². The van der Waals surface area contributed by atoms with Crippen molar-refractivity contribution in [2.75, 3.05) is 13.1 Å². The summed E-state index contributed by atoms with van der Waals surface area (Å²) >= 11 is 7.11. The molecule has 1 aromatic heterocycles. The molecule has 1 fully saturated rings. The van der Waals surface area contributed by atoms with Crippen molar-refractivity contribution >= 4 is 34.6 Å². The van der Waals surface area contributed by atoms with E-state index in [1.54, 1.807) is 17.0 Å². The van der Waals surface area contributed by atoms with E-state index in [1.807, 2.05) is 6.92 Å². The molecule has 2 heterocycles. The summed E-state index contributed by atoms with van der Waals surface area (Å²) < 4.78 is 0.621. The van der Waals surface area contributed by atoms with Crippen LogP contribution in [-0.4, -0.2) is 34.8 Å². The zero-order valence-corrected chi connectivity index (χ0v) is 11.0. The Labute approximate surface area is 108 Å². The first-order valence-electron chi connectivity index (χ1n) is 5.37. The minimum atomic E-state index is 0.00531. The molecule has 2 rings (SSSR count). The highest BCUT2D eigenvalue weighted by atomic mass is 35.5. The van der Waals surface area contributed by atoms with Crippen molar-refractivity contribution < 1.29 is 10.0 Å². The van der Waals surface area contributed by atoms with Crippen LogP contribution >= 0.6 is 22.9 Å². The summed E-state index contributed by atoms with van der Waals surface area (Å²) in [5.74, 6) is 0.110. The molecule has 0 saturated carbocycles. The van der Waals surface area contributed by atoms with Gasteiger partial charge in [0.1, 0.15) is 0 Å². The second kappa shape index (κ2) is 5.06. The van der Waals surface area contributed by atoms with Gasteiger partial charge in [-0.25, -0.2) is 0 Å². The van der Waals surface area contributed by atoms with E-state index in [9.17, 15) is 4.79 Å². The molecule has 6 heteroatoms. The largest absolute Gasteiger partial charge is 0.411 e. The molecule has 1 unspecified atom stereocenters. The lowest BCUT2D eigenvalue weighted by atomic mass is 9.97. The Morgan fingerprint density at radius 3 is 2.94 bits per heavy atom. The van der Waals surface area contributed by atoms with Crippen LogP contribution in [0.5, 0.6) is 0 Å². The number of carbonyl (C=O) groups is 1. The number of hydrogen-bond acceptors (Lipinski definition) is 4. The number of carbonyl (C=O) groups excluding carboxylic acids is 1. The van der Waals surface area contributed by atoms with E-state index in [0.717, 1.165) is 5.71 Å². The molecule has 1 amide bonds. The Hall–Kier alpha value is -1.07. The highest BCUT2D eigenvalue weighted by molar-refractivity contribution is 7.17. The third-order valence-corrected chi connectivity index (χ3v) is 4.12. The minimum Gasteiger partial charge on any atom is -0.411 e. The highest BCUT2D eigenvalue weighted by Gasteiger charge is 2.27. The molecule has 1 aliphatic heterocycles. The number of halogens is 1. The van der Waals surface area contributed by atoms with Crippen LogP contribution in [0.1, 0.15) is 23.0 Å². The van der Waals surface area contributed by atoms with Gasteiger partial charge in [-0.1, -0.05) is 23.7 Å². The fourth-order valence-corrected chi connectivity index (χ4v) is 2.95. The van der Waals surface area contributed by atoms with Crippen molar-refractivity contribution in [1.82, 2.24) is 4.90 Å². The van der Waals surface area contributed by atoms with Crippen molar-refractivity contribution in [3.63, 3.8) is 0 Å². The zero-order valence-electron chi connectivity index (χ0n) is 9.39. The van der Waals surface area contributed by atoms with Gasteiger partial charge < -0.3 is 10.1 Å². The molecule has 0 radical (unpaired) electrons. The minimum absolute atomic E-state index is 0.00531. The molecule has 4 nitrogen and oxygen atoms in total. The molecule has 1 saturated heterocycles. The van der Waals surface area contributed by atoms with Gasteiger partial charge >= 0.3 is 0 Å². The van der Waals surface area contributed by atoms with Crippen LogP contribution in [0, 0.1) is 5.92 Å². The third kappa shape index (κ3) is 2.61. The molecule has 0 bridgehead atoms. The topological polar surface area (TPSA) is 52.9 Å². The average Bonchev–Trinajstić information content (AvgIpc) is 2.75.